The fourth-order valence-corrected chi connectivity index (χ4v) is 3.40. The Morgan fingerprint density at radius 1 is 1.16 bits per heavy atom. The summed E-state index contributed by atoms with van der Waals surface area (Å²) >= 11 is 0. The van der Waals surface area contributed by atoms with Crippen LogP contribution in [-0.4, -0.2) is 24.2 Å². The van der Waals surface area contributed by atoms with Crippen LogP contribution >= 0.6 is 0 Å². The molecule has 0 aromatic carbocycles. The summed E-state index contributed by atoms with van der Waals surface area (Å²) in [6.45, 7) is 2.83. The smallest absolute Gasteiger partial charge is 0.315 e. The van der Waals surface area contributed by atoms with Gasteiger partial charge >= 0.3 is 6.03 Å². The van der Waals surface area contributed by atoms with E-state index in [1.54, 1.807) is 0 Å². The quantitative estimate of drug-likeness (QED) is 0.735. The van der Waals surface area contributed by atoms with Crippen molar-refractivity contribution in [2.75, 3.05) is 6.54 Å². The molecule has 0 saturated heterocycles. The van der Waals surface area contributed by atoms with Gasteiger partial charge in [0.05, 0.1) is 5.54 Å². The average molecular weight is 267 g/mol. The predicted molar refractivity (Wildman–Crippen MR) is 78.0 cm³/mol. The zero-order valence-corrected chi connectivity index (χ0v) is 12.2. The Labute approximate surface area is 116 Å². The molecule has 0 radical (unpaired) electrons. The minimum atomic E-state index is -0.161. The third-order valence-electron chi connectivity index (χ3n) is 4.94. The summed E-state index contributed by atoms with van der Waals surface area (Å²) in [5.41, 5.74) is 5.76. The molecule has 0 aromatic heterocycles. The predicted octanol–water partition coefficient (Wildman–Crippen LogP) is 2.53. The molecule has 4 nitrogen and oxygen atoms in total. The van der Waals surface area contributed by atoms with Gasteiger partial charge in [0, 0.05) is 12.6 Å². The van der Waals surface area contributed by atoms with Crippen LogP contribution in [0.2, 0.25) is 0 Å². The summed E-state index contributed by atoms with van der Waals surface area (Å²) in [7, 11) is 0. The van der Waals surface area contributed by atoms with Crippen LogP contribution in [0.1, 0.15) is 64.7 Å². The van der Waals surface area contributed by atoms with E-state index < -0.39 is 0 Å². The minimum absolute atomic E-state index is 0.00750. The van der Waals surface area contributed by atoms with Crippen LogP contribution in [0.15, 0.2) is 0 Å². The van der Waals surface area contributed by atoms with Gasteiger partial charge in [-0.3, -0.25) is 0 Å². The molecular formula is C15H29N3O. The molecule has 2 aliphatic rings. The lowest BCUT2D eigenvalue weighted by molar-refractivity contribution is 0.184. The van der Waals surface area contributed by atoms with Crippen LogP contribution in [0.3, 0.4) is 0 Å². The van der Waals surface area contributed by atoms with Crippen molar-refractivity contribution < 1.29 is 4.79 Å². The monoisotopic (exact) mass is 267 g/mol. The summed E-state index contributed by atoms with van der Waals surface area (Å²) in [4.78, 5) is 12.1. The van der Waals surface area contributed by atoms with E-state index in [4.69, 9.17) is 5.73 Å². The molecule has 0 aromatic rings. The first-order valence-electron chi connectivity index (χ1n) is 7.92. The Bertz CT molecular complexity index is 292. The number of nitrogens with one attached hydrogen (secondary N) is 2. The first-order chi connectivity index (χ1) is 9.13. The van der Waals surface area contributed by atoms with Crippen molar-refractivity contribution in [2.24, 2.45) is 11.7 Å². The molecule has 2 saturated carbocycles. The van der Waals surface area contributed by atoms with Gasteiger partial charge in [-0.15, -0.1) is 0 Å². The Morgan fingerprint density at radius 3 is 2.37 bits per heavy atom. The number of hydrogen-bond donors (Lipinski definition) is 3. The largest absolute Gasteiger partial charge is 0.335 e. The van der Waals surface area contributed by atoms with E-state index >= 15 is 0 Å². The third-order valence-corrected chi connectivity index (χ3v) is 4.94. The molecule has 2 amide bonds. The lowest BCUT2D eigenvalue weighted by atomic mass is 9.77. The Morgan fingerprint density at radius 2 is 1.79 bits per heavy atom. The SMILES string of the molecule is CC1CCC(CN)(NC(=O)NC2CCCCC2)CC1. The lowest BCUT2D eigenvalue weighted by Crippen LogP contribution is -2.59. The van der Waals surface area contributed by atoms with Gasteiger partial charge in [0.2, 0.25) is 0 Å². The second-order valence-electron chi connectivity index (χ2n) is 6.60. The molecule has 0 heterocycles. The first-order valence-corrected chi connectivity index (χ1v) is 7.92. The van der Waals surface area contributed by atoms with Gasteiger partial charge in [-0.05, 0) is 44.4 Å². The minimum Gasteiger partial charge on any atom is -0.335 e. The Kier molecular flexibility index (Phi) is 5.08. The molecule has 4 N–H and O–H groups in total. The Hall–Kier alpha value is -0.770. The second kappa shape index (κ2) is 6.60. The molecule has 2 rings (SSSR count). The molecule has 0 spiro atoms. The van der Waals surface area contributed by atoms with E-state index in [0.717, 1.165) is 31.6 Å². The Balaban J connectivity index is 1.82. The van der Waals surface area contributed by atoms with Crippen molar-refractivity contribution in [2.45, 2.75) is 76.3 Å². The molecule has 0 bridgehead atoms. The zero-order chi connectivity index (χ0) is 13.7. The normalized spacial score (nSPS) is 32.8. The number of nitrogens with two attached hydrogens (primary N) is 1. The zero-order valence-electron chi connectivity index (χ0n) is 12.2. The van der Waals surface area contributed by atoms with Gasteiger partial charge in [0.1, 0.15) is 0 Å². The van der Waals surface area contributed by atoms with Crippen molar-refractivity contribution in [3.05, 3.63) is 0 Å². The standard InChI is InChI=1S/C15H29N3O/c1-12-7-9-15(11-16,10-8-12)18-14(19)17-13-5-3-2-4-6-13/h12-13H,2-11,16H2,1H3,(H2,17,18,19). The van der Waals surface area contributed by atoms with Gasteiger partial charge in [-0.2, -0.15) is 0 Å². The maximum Gasteiger partial charge on any atom is 0.315 e. The molecule has 0 unspecified atom stereocenters. The van der Waals surface area contributed by atoms with Gasteiger partial charge in [0.25, 0.3) is 0 Å². The highest BCUT2D eigenvalue weighted by atomic mass is 16.2. The van der Waals surface area contributed by atoms with Crippen LogP contribution < -0.4 is 16.4 Å². The van der Waals surface area contributed by atoms with Gasteiger partial charge in [-0.1, -0.05) is 26.2 Å². The third kappa shape index (κ3) is 4.10. The molecule has 2 fully saturated rings. The maximum atomic E-state index is 12.1. The summed E-state index contributed by atoms with van der Waals surface area (Å²) in [6.07, 6.45) is 10.4. The van der Waals surface area contributed by atoms with Crippen LogP contribution in [0.4, 0.5) is 4.79 Å². The van der Waals surface area contributed by atoms with Crippen molar-refractivity contribution in [3.8, 4) is 0 Å². The van der Waals surface area contributed by atoms with E-state index in [0.29, 0.717) is 12.6 Å². The molecular weight excluding hydrogens is 238 g/mol. The van der Waals surface area contributed by atoms with Crippen LogP contribution in [-0.2, 0) is 0 Å². The number of hydrogen-bond acceptors (Lipinski definition) is 2. The van der Waals surface area contributed by atoms with Crippen LogP contribution in [0.5, 0.6) is 0 Å². The van der Waals surface area contributed by atoms with Crippen molar-refractivity contribution >= 4 is 6.03 Å². The number of carbonyl (C=O) groups is 1. The second-order valence-corrected chi connectivity index (χ2v) is 6.60. The maximum absolute atomic E-state index is 12.1. The number of amides is 2. The number of carbonyl (C=O) groups excluding carboxylic acids is 1. The summed E-state index contributed by atoms with van der Waals surface area (Å²) in [5.74, 6) is 0.767. The fourth-order valence-electron chi connectivity index (χ4n) is 3.40. The molecule has 0 aliphatic heterocycles. The first kappa shape index (κ1) is 14.6. The molecule has 4 heteroatoms. The fraction of sp³-hybridized carbons (Fsp3) is 0.933. The lowest BCUT2D eigenvalue weighted by Gasteiger charge is -2.39. The summed E-state index contributed by atoms with van der Waals surface area (Å²) in [6, 6.07) is 0.359. The van der Waals surface area contributed by atoms with E-state index in [2.05, 4.69) is 17.6 Å². The van der Waals surface area contributed by atoms with E-state index in [9.17, 15) is 4.79 Å². The summed E-state index contributed by atoms with van der Waals surface area (Å²) < 4.78 is 0. The van der Waals surface area contributed by atoms with E-state index in [-0.39, 0.29) is 11.6 Å². The number of rotatable bonds is 3. The van der Waals surface area contributed by atoms with Gasteiger partial charge in [0.15, 0.2) is 0 Å². The van der Waals surface area contributed by atoms with Crippen LogP contribution in [0, 0.1) is 5.92 Å². The van der Waals surface area contributed by atoms with E-state index in [1.807, 2.05) is 0 Å². The van der Waals surface area contributed by atoms with Gasteiger partial charge in [-0.25, -0.2) is 4.79 Å². The average Bonchev–Trinajstić information content (AvgIpc) is 2.43. The highest BCUT2D eigenvalue weighted by molar-refractivity contribution is 5.75. The molecule has 0 atom stereocenters. The summed E-state index contributed by atoms with van der Waals surface area (Å²) in [5, 5.41) is 6.31. The molecule has 19 heavy (non-hydrogen) atoms. The van der Waals surface area contributed by atoms with Crippen molar-refractivity contribution in [1.82, 2.24) is 10.6 Å². The number of urea groups is 1. The topological polar surface area (TPSA) is 67.1 Å². The highest BCUT2D eigenvalue weighted by Crippen LogP contribution is 2.31. The van der Waals surface area contributed by atoms with Crippen molar-refractivity contribution in [3.63, 3.8) is 0 Å². The van der Waals surface area contributed by atoms with Crippen LogP contribution in [0.25, 0.3) is 0 Å². The molecule has 110 valence electrons. The van der Waals surface area contributed by atoms with Gasteiger partial charge < -0.3 is 16.4 Å². The van der Waals surface area contributed by atoms with Crippen molar-refractivity contribution in [1.29, 1.82) is 0 Å². The highest BCUT2D eigenvalue weighted by Gasteiger charge is 2.34. The molecule has 2 aliphatic carbocycles. The van der Waals surface area contributed by atoms with E-state index in [1.165, 1.54) is 32.1 Å².